The van der Waals surface area contributed by atoms with E-state index < -0.39 is 5.60 Å². The minimum absolute atomic E-state index is 0.0997. The molecule has 4 rings (SSSR count). The van der Waals surface area contributed by atoms with Crippen molar-refractivity contribution in [1.29, 1.82) is 0 Å². The molecule has 178 valence electrons. The Hall–Kier alpha value is -0.340. The number of aliphatic hydroxyl groups excluding tert-OH is 1. The summed E-state index contributed by atoms with van der Waals surface area (Å²) in [7, 11) is 0. The summed E-state index contributed by atoms with van der Waals surface area (Å²) in [6, 6.07) is 0. The van der Waals surface area contributed by atoms with Gasteiger partial charge in [0.2, 0.25) is 0 Å². The lowest BCUT2D eigenvalue weighted by atomic mass is 9.47. The normalized spacial score (nSPS) is 44.6. The van der Waals surface area contributed by atoms with Crippen molar-refractivity contribution in [2.75, 3.05) is 0 Å². The van der Waals surface area contributed by atoms with Crippen LogP contribution in [-0.4, -0.2) is 21.9 Å². The van der Waals surface area contributed by atoms with Crippen LogP contribution in [0.2, 0.25) is 0 Å². The topological polar surface area (TPSA) is 40.5 Å². The Morgan fingerprint density at radius 1 is 1.06 bits per heavy atom. The standard InChI is InChI=1S/C29H50O2/c1-7-20(27(3,4)31)9-8-19(2)24-12-13-25-23-11-10-21-18-22(30)14-16-28(21,5)26(23)15-17-29(24,25)6/h10,19-20,22-26,30-31H,7-9,11-18H2,1-6H3/t19-,20?,22+,23+,24-,25+,26+,28+,29-/m1/s1. The van der Waals surface area contributed by atoms with E-state index in [1.165, 1.54) is 44.9 Å². The number of allylic oxidation sites excluding steroid dienone is 1. The third kappa shape index (κ3) is 4.07. The van der Waals surface area contributed by atoms with Crippen molar-refractivity contribution >= 4 is 0 Å². The zero-order valence-electron chi connectivity index (χ0n) is 21.3. The van der Waals surface area contributed by atoms with Gasteiger partial charge in [-0.05, 0) is 118 Å². The summed E-state index contributed by atoms with van der Waals surface area (Å²) < 4.78 is 0. The molecule has 0 radical (unpaired) electrons. The Labute approximate surface area is 192 Å². The molecule has 31 heavy (non-hydrogen) atoms. The molecule has 2 nitrogen and oxygen atoms in total. The fourth-order valence-corrected chi connectivity index (χ4v) is 9.34. The molecule has 3 saturated carbocycles. The van der Waals surface area contributed by atoms with E-state index in [0.29, 0.717) is 16.7 Å². The first kappa shape index (κ1) is 23.8. The van der Waals surface area contributed by atoms with Gasteiger partial charge in [0.15, 0.2) is 0 Å². The van der Waals surface area contributed by atoms with Crippen LogP contribution in [0.15, 0.2) is 11.6 Å². The third-order valence-electron chi connectivity index (χ3n) is 11.3. The average Bonchev–Trinajstić information content (AvgIpc) is 3.05. The summed E-state index contributed by atoms with van der Waals surface area (Å²) in [6.45, 7) is 13.9. The molecular formula is C29H50O2. The summed E-state index contributed by atoms with van der Waals surface area (Å²) in [6.07, 6.45) is 16.0. The van der Waals surface area contributed by atoms with E-state index in [1.54, 1.807) is 5.57 Å². The van der Waals surface area contributed by atoms with Crippen molar-refractivity contribution in [1.82, 2.24) is 0 Å². The van der Waals surface area contributed by atoms with Crippen molar-refractivity contribution < 1.29 is 10.2 Å². The Bertz CT molecular complexity index is 675. The smallest absolute Gasteiger partial charge is 0.0619 e. The Morgan fingerprint density at radius 2 is 1.81 bits per heavy atom. The summed E-state index contributed by atoms with van der Waals surface area (Å²) in [5, 5.41) is 20.8. The molecule has 1 unspecified atom stereocenters. The van der Waals surface area contributed by atoms with Gasteiger partial charge in [-0.3, -0.25) is 0 Å². The predicted molar refractivity (Wildman–Crippen MR) is 130 cm³/mol. The zero-order valence-corrected chi connectivity index (χ0v) is 21.3. The van der Waals surface area contributed by atoms with Crippen LogP contribution in [0, 0.1) is 46.3 Å². The maximum absolute atomic E-state index is 10.5. The van der Waals surface area contributed by atoms with E-state index in [-0.39, 0.29) is 6.10 Å². The molecule has 4 aliphatic carbocycles. The minimum Gasteiger partial charge on any atom is -0.393 e. The molecule has 0 aromatic carbocycles. The molecule has 0 spiro atoms. The van der Waals surface area contributed by atoms with Gasteiger partial charge in [0.1, 0.15) is 0 Å². The fourth-order valence-electron chi connectivity index (χ4n) is 9.34. The molecule has 0 saturated heterocycles. The van der Waals surface area contributed by atoms with E-state index in [1.807, 2.05) is 13.8 Å². The molecule has 0 aliphatic heterocycles. The van der Waals surface area contributed by atoms with Crippen LogP contribution in [0.1, 0.15) is 112 Å². The molecule has 2 heteroatoms. The molecular weight excluding hydrogens is 380 g/mol. The molecule has 4 aliphatic rings. The van der Waals surface area contributed by atoms with Crippen molar-refractivity contribution in [3.05, 3.63) is 11.6 Å². The first-order valence-corrected chi connectivity index (χ1v) is 13.6. The molecule has 0 amide bonds. The van der Waals surface area contributed by atoms with E-state index in [4.69, 9.17) is 0 Å². The van der Waals surface area contributed by atoms with E-state index in [2.05, 4.69) is 33.8 Å². The first-order chi connectivity index (χ1) is 14.5. The van der Waals surface area contributed by atoms with Crippen LogP contribution in [-0.2, 0) is 0 Å². The van der Waals surface area contributed by atoms with Crippen molar-refractivity contribution in [2.24, 2.45) is 46.3 Å². The lowest BCUT2D eigenvalue weighted by molar-refractivity contribution is -0.0584. The van der Waals surface area contributed by atoms with Gasteiger partial charge in [-0.15, -0.1) is 0 Å². The highest BCUT2D eigenvalue weighted by atomic mass is 16.3. The quantitative estimate of drug-likeness (QED) is 0.440. The highest BCUT2D eigenvalue weighted by Gasteiger charge is 2.59. The van der Waals surface area contributed by atoms with Crippen LogP contribution < -0.4 is 0 Å². The Kier molecular flexibility index (Phi) is 6.50. The van der Waals surface area contributed by atoms with Crippen LogP contribution in [0.25, 0.3) is 0 Å². The molecule has 9 atom stereocenters. The van der Waals surface area contributed by atoms with Gasteiger partial charge in [-0.1, -0.05) is 52.2 Å². The second kappa shape index (κ2) is 8.46. The van der Waals surface area contributed by atoms with Crippen LogP contribution in [0.3, 0.4) is 0 Å². The van der Waals surface area contributed by atoms with Gasteiger partial charge < -0.3 is 10.2 Å². The molecule has 0 aromatic heterocycles. The number of rotatable bonds is 6. The highest BCUT2D eigenvalue weighted by molar-refractivity contribution is 5.25. The van der Waals surface area contributed by atoms with Gasteiger partial charge in [0.25, 0.3) is 0 Å². The second-order valence-corrected chi connectivity index (χ2v) is 13.2. The molecule has 0 aromatic rings. The van der Waals surface area contributed by atoms with Crippen molar-refractivity contribution in [3.8, 4) is 0 Å². The zero-order chi connectivity index (χ0) is 22.6. The van der Waals surface area contributed by atoms with Gasteiger partial charge in [-0.2, -0.15) is 0 Å². The maximum atomic E-state index is 10.5. The van der Waals surface area contributed by atoms with E-state index >= 15 is 0 Å². The SMILES string of the molecule is CCC(CC[C@@H](C)[C@H]1CC[C@H]2[C@@H]3CC=C4C[C@@H](O)CC[C@]4(C)[C@H]3CC[C@]12C)C(C)(C)O. The number of fused-ring (bicyclic) bond motifs is 5. The van der Waals surface area contributed by atoms with Gasteiger partial charge in [-0.25, -0.2) is 0 Å². The van der Waals surface area contributed by atoms with E-state index in [9.17, 15) is 10.2 Å². The molecule has 0 heterocycles. The van der Waals surface area contributed by atoms with Crippen LogP contribution in [0.5, 0.6) is 0 Å². The van der Waals surface area contributed by atoms with E-state index in [0.717, 1.165) is 55.3 Å². The summed E-state index contributed by atoms with van der Waals surface area (Å²) in [4.78, 5) is 0. The lowest BCUT2D eigenvalue weighted by Crippen LogP contribution is -2.50. The minimum atomic E-state index is -0.552. The number of hydrogen-bond donors (Lipinski definition) is 2. The number of aliphatic hydroxyl groups is 2. The Balaban J connectivity index is 1.47. The average molecular weight is 431 g/mol. The van der Waals surface area contributed by atoms with Crippen molar-refractivity contribution in [3.63, 3.8) is 0 Å². The van der Waals surface area contributed by atoms with Crippen LogP contribution >= 0.6 is 0 Å². The summed E-state index contributed by atoms with van der Waals surface area (Å²) in [5.41, 5.74) is 1.90. The molecule has 2 N–H and O–H groups in total. The summed E-state index contributed by atoms with van der Waals surface area (Å²) >= 11 is 0. The van der Waals surface area contributed by atoms with Gasteiger partial charge >= 0.3 is 0 Å². The maximum Gasteiger partial charge on any atom is 0.0619 e. The fraction of sp³-hybridized carbons (Fsp3) is 0.931. The predicted octanol–water partition coefficient (Wildman–Crippen LogP) is 7.14. The molecule has 0 bridgehead atoms. The lowest BCUT2D eigenvalue weighted by Gasteiger charge is -2.58. The van der Waals surface area contributed by atoms with Crippen molar-refractivity contribution in [2.45, 2.75) is 124 Å². The largest absolute Gasteiger partial charge is 0.393 e. The van der Waals surface area contributed by atoms with Gasteiger partial charge in [0.05, 0.1) is 11.7 Å². The number of hydrogen-bond acceptors (Lipinski definition) is 2. The molecule has 3 fully saturated rings. The second-order valence-electron chi connectivity index (χ2n) is 13.2. The highest BCUT2D eigenvalue weighted by Crippen LogP contribution is 2.67. The van der Waals surface area contributed by atoms with Gasteiger partial charge in [0, 0.05) is 0 Å². The third-order valence-corrected chi connectivity index (χ3v) is 11.3. The van der Waals surface area contributed by atoms with Crippen LogP contribution in [0.4, 0.5) is 0 Å². The summed E-state index contributed by atoms with van der Waals surface area (Å²) in [5.74, 6) is 4.62. The first-order valence-electron chi connectivity index (χ1n) is 13.6. The Morgan fingerprint density at radius 3 is 2.48 bits per heavy atom. The monoisotopic (exact) mass is 430 g/mol.